The molecule has 3 aromatic heterocycles. The lowest BCUT2D eigenvalue weighted by Crippen LogP contribution is -2.14. The van der Waals surface area contributed by atoms with E-state index in [1.54, 1.807) is 17.5 Å². The maximum Gasteiger partial charge on any atom is 0.258 e. The van der Waals surface area contributed by atoms with Crippen molar-refractivity contribution in [2.75, 3.05) is 0 Å². The standard InChI is InChI=1S/C20H19N3O2S2/c1-20(2,3)16-12-27-18(22-16)13-4-6-15(7-5-13)25-11-14-10-17(24)23-8-9-26-19(23)21-14/h4-10,12H,11H2,1-3H3. The van der Waals surface area contributed by atoms with Crippen LogP contribution < -0.4 is 10.3 Å². The number of hydrogen-bond donors (Lipinski definition) is 0. The van der Waals surface area contributed by atoms with Gasteiger partial charge in [0.25, 0.3) is 5.56 Å². The van der Waals surface area contributed by atoms with Gasteiger partial charge in [-0.2, -0.15) is 0 Å². The molecule has 4 aromatic rings. The molecule has 0 N–H and O–H groups in total. The highest BCUT2D eigenvalue weighted by Gasteiger charge is 2.17. The predicted molar refractivity (Wildman–Crippen MR) is 110 cm³/mol. The highest BCUT2D eigenvalue weighted by Crippen LogP contribution is 2.30. The van der Waals surface area contributed by atoms with Crippen LogP contribution in [0.2, 0.25) is 0 Å². The van der Waals surface area contributed by atoms with Gasteiger partial charge in [0.2, 0.25) is 0 Å². The summed E-state index contributed by atoms with van der Waals surface area (Å²) in [4.78, 5) is 21.9. The van der Waals surface area contributed by atoms with E-state index in [4.69, 9.17) is 9.72 Å². The molecule has 0 aliphatic carbocycles. The molecule has 5 nitrogen and oxygen atoms in total. The number of ether oxygens (including phenoxy) is 1. The largest absolute Gasteiger partial charge is 0.487 e. The smallest absolute Gasteiger partial charge is 0.258 e. The highest BCUT2D eigenvalue weighted by molar-refractivity contribution is 7.15. The van der Waals surface area contributed by atoms with E-state index >= 15 is 0 Å². The molecule has 0 radical (unpaired) electrons. The Bertz CT molecular complexity index is 1130. The Kier molecular flexibility index (Phi) is 4.57. The minimum absolute atomic E-state index is 0.0488. The fraction of sp³-hybridized carbons (Fsp3) is 0.250. The number of aromatic nitrogens is 3. The van der Waals surface area contributed by atoms with E-state index in [0.717, 1.165) is 22.0 Å². The number of rotatable bonds is 4. The highest BCUT2D eigenvalue weighted by atomic mass is 32.1. The van der Waals surface area contributed by atoms with Gasteiger partial charge in [-0.05, 0) is 24.3 Å². The van der Waals surface area contributed by atoms with Crippen molar-refractivity contribution >= 4 is 27.6 Å². The summed E-state index contributed by atoms with van der Waals surface area (Å²) in [5.41, 5.74) is 2.76. The number of hydrogen-bond acceptors (Lipinski definition) is 6. The van der Waals surface area contributed by atoms with Crippen LogP contribution in [0.4, 0.5) is 0 Å². The van der Waals surface area contributed by atoms with Crippen LogP contribution in [0.15, 0.2) is 52.1 Å². The summed E-state index contributed by atoms with van der Waals surface area (Å²) >= 11 is 3.08. The van der Waals surface area contributed by atoms with Crippen molar-refractivity contribution in [2.45, 2.75) is 32.8 Å². The Labute approximate surface area is 164 Å². The first-order valence-corrected chi connectivity index (χ1v) is 10.3. The Hall–Kier alpha value is -2.51. The third-order valence-electron chi connectivity index (χ3n) is 4.12. The molecular formula is C20H19N3O2S2. The lowest BCUT2D eigenvalue weighted by atomic mass is 9.93. The lowest BCUT2D eigenvalue weighted by Gasteiger charge is -2.14. The molecule has 0 aliphatic heterocycles. The molecule has 3 heterocycles. The van der Waals surface area contributed by atoms with Crippen molar-refractivity contribution in [3.63, 3.8) is 0 Å². The summed E-state index contributed by atoms with van der Waals surface area (Å²) < 4.78 is 7.33. The van der Waals surface area contributed by atoms with Gasteiger partial charge >= 0.3 is 0 Å². The third kappa shape index (κ3) is 3.79. The fourth-order valence-electron chi connectivity index (χ4n) is 2.56. The zero-order valence-electron chi connectivity index (χ0n) is 15.3. The molecule has 0 bridgehead atoms. The van der Waals surface area contributed by atoms with Gasteiger partial charge in [-0.25, -0.2) is 9.97 Å². The predicted octanol–water partition coefficient (Wildman–Crippen LogP) is 4.76. The van der Waals surface area contributed by atoms with Gasteiger partial charge < -0.3 is 4.74 Å². The van der Waals surface area contributed by atoms with Crippen molar-refractivity contribution in [2.24, 2.45) is 0 Å². The zero-order chi connectivity index (χ0) is 19.0. The molecule has 0 atom stereocenters. The molecule has 0 spiro atoms. The average Bonchev–Trinajstić information content (AvgIpc) is 3.30. The molecule has 0 amide bonds. The topological polar surface area (TPSA) is 56.5 Å². The van der Waals surface area contributed by atoms with Crippen LogP contribution in [-0.2, 0) is 12.0 Å². The van der Waals surface area contributed by atoms with Crippen LogP contribution in [0.1, 0.15) is 32.2 Å². The van der Waals surface area contributed by atoms with Crippen molar-refractivity contribution in [3.8, 4) is 16.3 Å². The van der Waals surface area contributed by atoms with Crippen LogP contribution in [-0.4, -0.2) is 14.4 Å². The van der Waals surface area contributed by atoms with Gasteiger partial charge in [-0.3, -0.25) is 9.20 Å². The molecule has 0 unspecified atom stereocenters. The SMILES string of the molecule is CC(C)(C)c1csc(-c2ccc(OCc3cc(=O)n4ccsc4n3)cc2)n1. The van der Waals surface area contributed by atoms with Crippen LogP contribution >= 0.6 is 22.7 Å². The van der Waals surface area contributed by atoms with Crippen LogP contribution in [0, 0.1) is 0 Å². The number of fused-ring (bicyclic) bond motifs is 1. The van der Waals surface area contributed by atoms with E-state index in [2.05, 4.69) is 31.1 Å². The van der Waals surface area contributed by atoms with Crippen LogP contribution in [0.5, 0.6) is 5.75 Å². The molecule has 1 aromatic carbocycles. The summed E-state index contributed by atoms with van der Waals surface area (Å²) in [6.07, 6.45) is 1.72. The van der Waals surface area contributed by atoms with E-state index in [0.29, 0.717) is 10.7 Å². The van der Waals surface area contributed by atoms with Gasteiger partial charge in [0.05, 0.1) is 11.4 Å². The van der Waals surface area contributed by atoms with Gasteiger partial charge in [0.1, 0.15) is 17.4 Å². The van der Waals surface area contributed by atoms with E-state index in [-0.39, 0.29) is 17.6 Å². The maximum absolute atomic E-state index is 12.0. The first-order valence-electron chi connectivity index (χ1n) is 8.55. The average molecular weight is 398 g/mol. The van der Waals surface area contributed by atoms with Crippen LogP contribution in [0.25, 0.3) is 15.5 Å². The van der Waals surface area contributed by atoms with Crippen molar-refractivity contribution in [3.05, 3.63) is 69.0 Å². The van der Waals surface area contributed by atoms with Crippen molar-refractivity contribution in [1.29, 1.82) is 0 Å². The maximum atomic E-state index is 12.0. The van der Waals surface area contributed by atoms with Crippen molar-refractivity contribution < 1.29 is 4.74 Å². The number of nitrogens with zero attached hydrogens (tertiary/aromatic N) is 3. The molecule has 27 heavy (non-hydrogen) atoms. The summed E-state index contributed by atoms with van der Waals surface area (Å²) in [5, 5.41) is 4.96. The molecule has 0 aliphatic rings. The molecule has 0 saturated heterocycles. The number of benzene rings is 1. The van der Waals surface area contributed by atoms with E-state index < -0.39 is 0 Å². The van der Waals surface area contributed by atoms with E-state index in [1.807, 2.05) is 29.6 Å². The minimum Gasteiger partial charge on any atom is -0.487 e. The van der Waals surface area contributed by atoms with E-state index in [1.165, 1.54) is 21.8 Å². The Morgan fingerprint density at radius 1 is 1.11 bits per heavy atom. The first kappa shape index (κ1) is 17.9. The summed E-state index contributed by atoms with van der Waals surface area (Å²) in [7, 11) is 0. The Morgan fingerprint density at radius 3 is 2.59 bits per heavy atom. The molecule has 138 valence electrons. The molecule has 0 saturated carbocycles. The van der Waals surface area contributed by atoms with Crippen LogP contribution in [0.3, 0.4) is 0 Å². The summed E-state index contributed by atoms with van der Waals surface area (Å²) in [6.45, 7) is 6.75. The molecule has 0 fully saturated rings. The van der Waals surface area contributed by atoms with Gasteiger partial charge in [0, 0.05) is 34.0 Å². The third-order valence-corrected chi connectivity index (χ3v) is 5.76. The number of thiazole rings is 2. The second kappa shape index (κ2) is 6.90. The quantitative estimate of drug-likeness (QED) is 0.498. The second-order valence-corrected chi connectivity index (χ2v) is 8.97. The molecule has 4 rings (SSSR count). The Balaban J connectivity index is 1.47. The van der Waals surface area contributed by atoms with Gasteiger partial charge in [-0.15, -0.1) is 22.7 Å². The van der Waals surface area contributed by atoms with Gasteiger partial charge in [-0.1, -0.05) is 20.8 Å². The summed E-state index contributed by atoms with van der Waals surface area (Å²) in [6, 6.07) is 9.36. The monoisotopic (exact) mass is 397 g/mol. The minimum atomic E-state index is -0.0892. The lowest BCUT2D eigenvalue weighted by molar-refractivity contribution is 0.301. The van der Waals surface area contributed by atoms with Gasteiger partial charge in [0.15, 0.2) is 4.96 Å². The first-order chi connectivity index (χ1) is 12.9. The zero-order valence-corrected chi connectivity index (χ0v) is 16.9. The van der Waals surface area contributed by atoms with Crippen molar-refractivity contribution in [1.82, 2.24) is 14.4 Å². The Morgan fingerprint density at radius 2 is 1.89 bits per heavy atom. The fourth-order valence-corrected chi connectivity index (χ4v) is 4.35. The summed E-state index contributed by atoms with van der Waals surface area (Å²) in [5.74, 6) is 0.736. The normalized spacial score (nSPS) is 11.8. The van der Waals surface area contributed by atoms with E-state index in [9.17, 15) is 4.79 Å². The molecule has 7 heteroatoms. The molecular weight excluding hydrogens is 378 g/mol. The second-order valence-electron chi connectivity index (χ2n) is 7.24.